The number of rotatable bonds is 5. The molecule has 0 bridgehead atoms. The van der Waals surface area contributed by atoms with Gasteiger partial charge in [-0.15, -0.1) is 0 Å². The molecule has 1 aromatic carbocycles. The Morgan fingerprint density at radius 2 is 2.05 bits per heavy atom. The zero-order chi connectivity index (χ0) is 14.4. The highest BCUT2D eigenvalue weighted by Crippen LogP contribution is 2.09. The second-order valence-corrected chi connectivity index (χ2v) is 4.79. The molecule has 4 nitrogen and oxygen atoms in total. The second kappa shape index (κ2) is 7.31. The Kier molecular flexibility index (Phi) is 5.43. The molecule has 1 amide bonds. The summed E-state index contributed by atoms with van der Waals surface area (Å²) in [6.07, 6.45) is 1.91. The summed E-state index contributed by atoms with van der Waals surface area (Å²) in [7, 11) is 0. The standard InChI is InChI=1S/C14H18F2N2O2/c15-12-2-1-10(7-13(12)16)8-18-14(19)9-20-11-3-5-17-6-4-11/h1-2,7,11,17H,3-6,8-9H2,(H,18,19). The molecule has 0 atom stereocenters. The number of nitrogens with one attached hydrogen (secondary N) is 2. The molecule has 0 aromatic heterocycles. The van der Waals surface area contributed by atoms with E-state index in [4.69, 9.17) is 4.74 Å². The molecular weight excluding hydrogens is 266 g/mol. The zero-order valence-corrected chi connectivity index (χ0v) is 11.1. The van der Waals surface area contributed by atoms with Crippen LogP contribution in [0.25, 0.3) is 0 Å². The van der Waals surface area contributed by atoms with Crippen LogP contribution >= 0.6 is 0 Å². The number of amides is 1. The van der Waals surface area contributed by atoms with Crippen molar-refractivity contribution in [3.05, 3.63) is 35.4 Å². The molecule has 0 unspecified atom stereocenters. The molecule has 1 fully saturated rings. The predicted molar refractivity (Wildman–Crippen MR) is 70.0 cm³/mol. The molecule has 0 radical (unpaired) electrons. The number of ether oxygens (including phenoxy) is 1. The third-order valence-corrected chi connectivity index (χ3v) is 3.21. The van der Waals surface area contributed by atoms with Gasteiger partial charge in [-0.25, -0.2) is 8.78 Å². The molecule has 6 heteroatoms. The van der Waals surface area contributed by atoms with Gasteiger partial charge in [0, 0.05) is 6.54 Å². The molecule has 2 N–H and O–H groups in total. The number of benzene rings is 1. The topological polar surface area (TPSA) is 50.4 Å². The highest BCUT2D eigenvalue weighted by Gasteiger charge is 2.14. The van der Waals surface area contributed by atoms with Gasteiger partial charge < -0.3 is 15.4 Å². The summed E-state index contributed by atoms with van der Waals surface area (Å²) in [6, 6.07) is 3.55. The third kappa shape index (κ3) is 4.54. The van der Waals surface area contributed by atoms with Crippen LogP contribution in [0, 0.1) is 11.6 Å². The first-order valence-corrected chi connectivity index (χ1v) is 6.68. The van der Waals surface area contributed by atoms with Gasteiger partial charge in [-0.1, -0.05) is 6.07 Å². The van der Waals surface area contributed by atoms with Gasteiger partial charge in [0.1, 0.15) is 6.61 Å². The second-order valence-electron chi connectivity index (χ2n) is 4.79. The minimum absolute atomic E-state index is 0.00561. The van der Waals surface area contributed by atoms with E-state index in [1.807, 2.05) is 0 Å². The molecule has 1 aliphatic heterocycles. The van der Waals surface area contributed by atoms with Gasteiger partial charge >= 0.3 is 0 Å². The van der Waals surface area contributed by atoms with E-state index in [0.29, 0.717) is 5.56 Å². The van der Waals surface area contributed by atoms with Crippen LogP contribution in [0.15, 0.2) is 18.2 Å². The summed E-state index contributed by atoms with van der Waals surface area (Å²) in [5.41, 5.74) is 0.513. The molecule has 110 valence electrons. The Bertz CT molecular complexity index is 462. The average molecular weight is 284 g/mol. The van der Waals surface area contributed by atoms with E-state index in [1.54, 1.807) is 0 Å². The van der Waals surface area contributed by atoms with Crippen molar-refractivity contribution in [2.75, 3.05) is 19.7 Å². The van der Waals surface area contributed by atoms with Gasteiger partial charge in [-0.05, 0) is 43.6 Å². The summed E-state index contributed by atoms with van der Waals surface area (Å²) in [5.74, 6) is -2.06. The minimum atomic E-state index is -0.914. The Labute approximate surface area is 116 Å². The molecule has 1 heterocycles. The van der Waals surface area contributed by atoms with E-state index in [0.717, 1.165) is 38.1 Å². The highest BCUT2D eigenvalue weighted by molar-refractivity contribution is 5.77. The lowest BCUT2D eigenvalue weighted by Crippen LogP contribution is -2.35. The SMILES string of the molecule is O=C(COC1CCNCC1)NCc1ccc(F)c(F)c1. The van der Waals surface area contributed by atoms with E-state index in [9.17, 15) is 13.6 Å². The molecule has 2 rings (SSSR count). The van der Waals surface area contributed by atoms with Crippen molar-refractivity contribution in [3.8, 4) is 0 Å². The summed E-state index contributed by atoms with van der Waals surface area (Å²) in [5, 5.41) is 5.83. The van der Waals surface area contributed by atoms with Crippen molar-refractivity contribution in [1.29, 1.82) is 0 Å². The Balaban J connectivity index is 1.70. The van der Waals surface area contributed by atoms with Crippen LogP contribution in [0.2, 0.25) is 0 Å². The molecule has 0 saturated carbocycles. The van der Waals surface area contributed by atoms with Crippen LogP contribution < -0.4 is 10.6 Å². The summed E-state index contributed by atoms with van der Waals surface area (Å²) < 4.78 is 31.2. The van der Waals surface area contributed by atoms with Crippen LogP contribution in [0.3, 0.4) is 0 Å². The summed E-state index contributed by atoms with van der Waals surface area (Å²) in [4.78, 5) is 11.6. The fraction of sp³-hybridized carbons (Fsp3) is 0.500. The number of carbonyl (C=O) groups excluding carboxylic acids is 1. The smallest absolute Gasteiger partial charge is 0.246 e. The Hall–Kier alpha value is -1.53. The van der Waals surface area contributed by atoms with Crippen molar-refractivity contribution in [2.45, 2.75) is 25.5 Å². The molecule has 20 heavy (non-hydrogen) atoms. The summed E-state index contributed by atoms with van der Waals surface area (Å²) >= 11 is 0. The van der Waals surface area contributed by atoms with Crippen molar-refractivity contribution in [1.82, 2.24) is 10.6 Å². The number of hydrogen-bond acceptors (Lipinski definition) is 3. The van der Waals surface area contributed by atoms with Crippen LogP contribution in [0.4, 0.5) is 8.78 Å². The van der Waals surface area contributed by atoms with Crippen LogP contribution in [0.5, 0.6) is 0 Å². The van der Waals surface area contributed by atoms with Crippen LogP contribution in [-0.2, 0) is 16.1 Å². The maximum atomic E-state index is 13.0. The number of halogens is 2. The van der Waals surface area contributed by atoms with Crippen molar-refractivity contribution in [2.24, 2.45) is 0 Å². The predicted octanol–water partition coefficient (Wildman–Crippen LogP) is 1.35. The molecule has 0 aliphatic carbocycles. The molecule has 0 spiro atoms. The van der Waals surface area contributed by atoms with Crippen LogP contribution in [-0.4, -0.2) is 31.7 Å². The first-order valence-electron chi connectivity index (χ1n) is 6.68. The Morgan fingerprint density at radius 3 is 2.75 bits per heavy atom. The quantitative estimate of drug-likeness (QED) is 0.858. The highest BCUT2D eigenvalue weighted by atomic mass is 19.2. The maximum Gasteiger partial charge on any atom is 0.246 e. The first kappa shape index (κ1) is 14.9. The van der Waals surface area contributed by atoms with E-state index in [1.165, 1.54) is 6.07 Å². The van der Waals surface area contributed by atoms with Crippen molar-refractivity contribution in [3.63, 3.8) is 0 Å². The van der Waals surface area contributed by atoms with E-state index in [-0.39, 0.29) is 25.2 Å². The average Bonchev–Trinajstić information content (AvgIpc) is 2.47. The largest absolute Gasteiger partial charge is 0.368 e. The summed E-state index contributed by atoms with van der Waals surface area (Å²) in [6.45, 7) is 1.96. The minimum Gasteiger partial charge on any atom is -0.368 e. The van der Waals surface area contributed by atoms with Crippen LogP contribution in [0.1, 0.15) is 18.4 Å². The third-order valence-electron chi connectivity index (χ3n) is 3.21. The van der Waals surface area contributed by atoms with Gasteiger partial charge in [0.15, 0.2) is 11.6 Å². The van der Waals surface area contributed by atoms with E-state index >= 15 is 0 Å². The number of hydrogen-bond donors (Lipinski definition) is 2. The van der Waals surface area contributed by atoms with Crippen molar-refractivity contribution < 1.29 is 18.3 Å². The monoisotopic (exact) mass is 284 g/mol. The molecule has 1 aromatic rings. The Morgan fingerprint density at radius 1 is 1.30 bits per heavy atom. The number of piperidine rings is 1. The normalized spacial score (nSPS) is 16.1. The van der Waals surface area contributed by atoms with Gasteiger partial charge in [0.05, 0.1) is 6.10 Å². The first-order chi connectivity index (χ1) is 9.65. The van der Waals surface area contributed by atoms with E-state index < -0.39 is 11.6 Å². The molecule has 1 saturated heterocycles. The van der Waals surface area contributed by atoms with Gasteiger partial charge in [0.25, 0.3) is 0 Å². The number of carbonyl (C=O) groups is 1. The lowest BCUT2D eigenvalue weighted by Gasteiger charge is -2.22. The van der Waals surface area contributed by atoms with Gasteiger partial charge in [-0.2, -0.15) is 0 Å². The fourth-order valence-electron chi connectivity index (χ4n) is 2.06. The maximum absolute atomic E-state index is 13.0. The lowest BCUT2D eigenvalue weighted by molar-refractivity contribution is -0.128. The van der Waals surface area contributed by atoms with Gasteiger partial charge in [-0.3, -0.25) is 4.79 Å². The molecular formula is C14H18F2N2O2. The van der Waals surface area contributed by atoms with E-state index in [2.05, 4.69) is 10.6 Å². The lowest BCUT2D eigenvalue weighted by atomic mass is 10.1. The fourth-order valence-corrected chi connectivity index (χ4v) is 2.06. The van der Waals surface area contributed by atoms with Gasteiger partial charge in [0.2, 0.25) is 5.91 Å². The zero-order valence-electron chi connectivity index (χ0n) is 11.1. The molecule has 1 aliphatic rings. The van der Waals surface area contributed by atoms with Crippen molar-refractivity contribution >= 4 is 5.91 Å².